The molecule has 2 unspecified atom stereocenters. The Balaban J connectivity index is 1.96. The molecular formula is C10H12N8. The Labute approximate surface area is 102 Å². The minimum Gasteiger partial charge on any atom is -0.382 e. The normalized spacial score (nSPS) is 23.1. The van der Waals surface area contributed by atoms with E-state index in [4.69, 9.17) is 11.3 Å². The van der Waals surface area contributed by atoms with Crippen LogP contribution < -0.4 is 5.73 Å². The Hall–Kier alpha value is -2.34. The summed E-state index contributed by atoms with van der Waals surface area (Å²) in [6, 6.07) is 0.330. The summed E-state index contributed by atoms with van der Waals surface area (Å²) in [5.41, 5.74) is 15.6. The van der Waals surface area contributed by atoms with Gasteiger partial charge < -0.3 is 10.3 Å². The van der Waals surface area contributed by atoms with Gasteiger partial charge in [0.1, 0.15) is 11.8 Å². The SMILES string of the molecule is [N-]=[N+]=NC1CCC(n2cnc3c(N)ncnc32)C1. The van der Waals surface area contributed by atoms with E-state index in [1.807, 2.05) is 4.57 Å². The minimum absolute atomic E-state index is 0.0663. The van der Waals surface area contributed by atoms with Crippen LogP contribution in [-0.4, -0.2) is 25.6 Å². The van der Waals surface area contributed by atoms with Gasteiger partial charge in [-0.2, -0.15) is 0 Å². The van der Waals surface area contributed by atoms with Crippen LogP contribution in [0.15, 0.2) is 17.8 Å². The number of hydrogen-bond acceptors (Lipinski definition) is 5. The zero-order chi connectivity index (χ0) is 12.5. The quantitative estimate of drug-likeness (QED) is 0.492. The number of fused-ring (bicyclic) bond motifs is 1. The number of nitrogen functional groups attached to an aromatic ring is 1. The lowest BCUT2D eigenvalue weighted by Crippen LogP contribution is -2.06. The minimum atomic E-state index is 0.0663. The first-order chi connectivity index (χ1) is 8.79. The van der Waals surface area contributed by atoms with Crippen molar-refractivity contribution in [1.29, 1.82) is 0 Å². The standard InChI is InChI=1S/C10H12N8/c11-9-8-10(14-4-13-9)18(5-15-8)7-2-1-6(3-7)16-17-12/h4-7H,1-3H2,(H2,11,13,14). The highest BCUT2D eigenvalue weighted by molar-refractivity contribution is 5.81. The maximum atomic E-state index is 8.45. The molecule has 2 atom stereocenters. The lowest BCUT2D eigenvalue weighted by molar-refractivity contribution is 0.519. The highest BCUT2D eigenvalue weighted by Gasteiger charge is 2.26. The van der Waals surface area contributed by atoms with Gasteiger partial charge in [0.05, 0.1) is 6.33 Å². The summed E-state index contributed by atoms with van der Waals surface area (Å²) in [5.74, 6) is 0.392. The van der Waals surface area contributed by atoms with Gasteiger partial charge in [0.25, 0.3) is 0 Å². The third kappa shape index (κ3) is 1.63. The summed E-state index contributed by atoms with van der Waals surface area (Å²) < 4.78 is 2.00. The predicted molar refractivity (Wildman–Crippen MR) is 65.6 cm³/mol. The molecule has 1 saturated carbocycles. The molecule has 2 aromatic rings. The predicted octanol–water partition coefficient (Wildman–Crippen LogP) is 1.81. The van der Waals surface area contributed by atoms with Gasteiger partial charge in [0, 0.05) is 17.0 Å². The van der Waals surface area contributed by atoms with Gasteiger partial charge in [0.15, 0.2) is 11.5 Å². The van der Waals surface area contributed by atoms with E-state index in [1.54, 1.807) is 6.33 Å². The monoisotopic (exact) mass is 244 g/mol. The van der Waals surface area contributed by atoms with E-state index in [-0.39, 0.29) is 12.1 Å². The van der Waals surface area contributed by atoms with Gasteiger partial charge in [-0.15, -0.1) is 0 Å². The Morgan fingerprint density at radius 1 is 1.39 bits per heavy atom. The fourth-order valence-electron chi connectivity index (χ4n) is 2.50. The van der Waals surface area contributed by atoms with Gasteiger partial charge in [-0.3, -0.25) is 0 Å². The van der Waals surface area contributed by atoms with E-state index in [2.05, 4.69) is 25.0 Å². The van der Waals surface area contributed by atoms with Gasteiger partial charge in [-0.1, -0.05) is 5.11 Å². The van der Waals surface area contributed by atoms with Gasteiger partial charge in [-0.05, 0) is 24.8 Å². The lowest BCUT2D eigenvalue weighted by atomic mass is 10.2. The summed E-state index contributed by atoms with van der Waals surface area (Å²) in [4.78, 5) is 15.2. The van der Waals surface area contributed by atoms with Crippen molar-refractivity contribution in [2.75, 3.05) is 5.73 Å². The van der Waals surface area contributed by atoms with Crippen molar-refractivity contribution in [1.82, 2.24) is 19.5 Å². The topological polar surface area (TPSA) is 118 Å². The number of nitrogens with two attached hydrogens (primary N) is 1. The van der Waals surface area contributed by atoms with E-state index in [0.29, 0.717) is 11.3 Å². The van der Waals surface area contributed by atoms with Crippen molar-refractivity contribution < 1.29 is 0 Å². The summed E-state index contributed by atoms with van der Waals surface area (Å²) in [6.45, 7) is 0. The molecule has 8 nitrogen and oxygen atoms in total. The van der Waals surface area contributed by atoms with Crippen molar-refractivity contribution in [2.45, 2.75) is 31.3 Å². The molecule has 18 heavy (non-hydrogen) atoms. The number of nitrogens with zero attached hydrogens (tertiary/aromatic N) is 7. The van der Waals surface area contributed by atoms with Gasteiger partial charge >= 0.3 is 0 Å². The van der Waals surface area contributed by atoms with Crippen molar-refractivity contribution in [3.05, 3.63) is 23.1 Å². The van der Waals surface area contributed by atoms with Crippen LogP contribution in [-0.2, 0) is 0 Å². The largest absolute Gasteiger partial charge is 0.382 e. The van der Waals surface area contributed by atoms with Crippen LogP contribution in [0.1, 0.15) is 25.3 Å². The van der Waals surface area contributed by atoms with E-state index < -0.39 is 0 Å². The third-order valence-electron chi connectivity index (χ3n) is 3.37. The van der Waals surface area contributed by atoms with E-state index in [1.165, 1.54) is 6.33 Å². The zero-order valence-electron chi connectivity index (χ0n) is 9.64. The summed E-state index contributed by atoms with van der Waals surface area (Å²) >= 11 is 0. The molecule has 0 saturated heterocycles. The smallest absolute Gasteiger partial charge is 0.165 e. The highest BCUT2D eigenvalue weighted by Crippen LogP contribution is 2.34. The third-order valence-corrected chi connectivity index (χ3v) is 3.37. The van der Waals surface area contributed by atoms with Crippen molar-refractivity contribution >= 4 is 17.0 Å². The first kappa shape index (κ1) is 10.8. The van der Waals surface area contributed by atoms with E-state index in [9.17, 15) is 0 Å². The summed E-state index contributed by atoms with van der Waals surface area (Å²) in [5, 5.41) is 3.77. The summed E-state index contributed by atoms with van der Waals surface area (Å²) in [6.07, 6.45) is 5.85. The Morgan fingerprint density at radius 2 is 2.28 bits per heavy atom. The molecule has 0 radical (unpaired) electrons. The van der Waals surface area contributed by atoms with Crippen LogP contribution >= 0.6 is 0 Å². The molecule has 1 aliphatic rings. The number of anilines is 1. The van der Waals surface area contributed by atoms with Crippen LogP contribution in [0.3, 0.4) is 0 Å². The molecule has 0 aromatic carbocycles. The van der Waals surface area contributed by atoms with E-state index >= 15 is 0 Å². The number of rotatable bonds is 2. The lowest BCUT2D eigenvalue weighted by Gasteiger charge is -2.11. The average Bonchev–Trinajstić information content (AvgIpc) is 2.96. The molecule has 0 bridgehead atoms. The first-order valence-corrected chi connectivity index (χ1v) is 5.77. The maximum Gasteiger partial charge on any atom is 0.165 e. The van der Waals surface area contributed by atoms with E-state index in [0.717, 1.165) is 24.9 Å². The number of aromatic nitrogens is 4. The second kappa shape index (κ2) is 4.15. The zero-order valence-corrected chi connectivity index (χ0v) is 9.64. The van der Waals surface area contributed by atoms with Gasteiger partial charge in [0.2, 0.25) is 0 Å². The maximum absolute atomic E-state index is 8.45. The molecule has 1 aliphatic carbocycles. The average molecular weight is 244 g/mol. The van der Waals surface area contributed by atoms with Crippen LogP contribution in [0.2, 0.25) is 0 Å². The molecule has 8 heteroatoms. The molecule has 3 rings (SSSR count). The van der Waals surface area contributed by atoms with Crippen LogP contribution in [0.5, 0.6) is 0 Å². The molecule has 2 heterocycles. The van der Waals surface area contributed by atoms with Crippen molar-refractivity contribution in [3.63, 3.8) is 0 Å². The van der Waals surface area contributed by atoms with Crippen LogP contribution in [0.4, 0.5) is 5.82 Å². The molecule has 0 spiro atoms. The molecule has 2 aromatic heterocycles. The van der Waals surface area contributed by atoms with Crippen molar-refractivity contribution in [2.24, 2.45) is 5.11 Å². The van der Waals surface area contributed by atoms with Crippen LogP contribution in [0.25, 0.3) is 21.6 Å². The fraction of sp³-hybridized carbons (Fsp3) is 0.500. The number of azide groups is 1. The second-order valence-electron chi connectivity index (χ2n) is 4.41. The molecule has 1 fully saturated rings. The molecule has 92 valence electrons. The molecular weight excluding hydrogens is 232 g/mol. The van der Waals surface area contributed by atoms with Gasteiger partial charge in [-0.25, -0.2) is 15.0 Å². The second-order valence-corrected chi connectivity index (χ2v) is 4.41. The molecule has 0 aliphatic heterocycles. The molecule has 0 amide bonds. The van der Waals surface area contributed by atoms with Crippen molar-refractivity contribution in [3.8, 4) is 0 Å². The first-order valence-electron chi connectivity index (χ1n) is 5.77. The number of hydrogen-bond donors (Lipinski definition) is 1. The fourth-order valence-corrected chi connectivity index (χ4v) is 2.50. The Bertz CT molecular complexity index is 626. The Kier molecular flexibility index (Phi) is 2.49. The molecule has 2 N–H and O–H groups in total. The number of imidazole rings is 1. The Morgan fingerprint density at radius 3 is 3.11 bits per heavy atom. The highest BCUT2D eigenvalue weighted by atomic mass is 15.2. The summed E-state index contributed by atoms with van der Waals surface area (Å²) in [7, 11) is 0. The van der Waals surface area contributed by atoms with Crippen LogP contribution in [0, 0.1) is 0 Å².